The minimum atomic E-state index is -3.63. The van der Waals surface area contributed by atoms with Crippen molar-refractivity contribution in [3.8, 4) is 0 Å². The van der Waals surface area contributed by atoms with Gasteiger partial charge in [0.2, 0.25) is 10.0 Å². The summed E-state index contributed by atoms with van der Waals surface area (Å²) >= 11 is 0. The predicted molar refractivity (Wildman–Crippen MR) is 90.3 cm³/mol. The fourth-order valence-corrected chi connectivity index (χ4v) is 3.02. The van der Waals surface area contributed by atoms with Gasteiger partial charge in [-0.2, -0.15) is 0 Å². The summed E-state index contributed by atoms with van der Waals surface area (Å²) in [4.78, 5) is 10.5. The minimum Gasteiger partial charge on any atom is -0.481 e. The van der Waals surface area contributed by atoms with Gasteiger partial charge in [-0.1, -0.05) is 42.5 Å². The standard InChI is InChI=1S/C17H21NO4S/c1-17(23(18,21)22)11-9-15(10-12-17)14-7-5-13(6-8-14)3-2-4-16(19)20/h5-11H,2-4,12H2,1H3,(H,19,20)(H2,18,21,22). The van der Waals surface area contributed by atoms with E-state index in [4.69, 9.17) is 10.2 Å². The smallest absolute Gasteiger partial charge is 0.303 e. The lowest BCUT2D eigenvalue weighted by molar-refractivity contribution is -0.137. The van der Waals surface area contributed by atoms with Gasteiger partial charge < -0.3 is 5.11 Å². The van der Waals surface area contributed by atoms with E-state index >= 15 is 0 Å². The zero-order valence-corrected chi connectivity index (χ0v) is 13.8. The molecule has 0 amide bonds. The van der Waals surface area contributed by atoms with Crippen LogP contribution in [0.2, 0.25) is 0 Å². The summed E-state index contributed by atoms with van der Waals surface area (Å²) in [6, 6.07) is 7.87. The quantitative estimate of drug-likeness (QED) is 0.834. The number of aryl methyl sites for hydroxylation is 1. The van der Waals surface area contributed by atoms with Crippen LogP contribution in [0.25, 0.3) is 5.57 Å². The van der Waals surface area contributed by atoms with Crippen molar-refractivity contribution < 1.29 is 18.3 Å². The van der Waals surface area contributed by atoms with Crippen molar-refractivity contribution in [2.75, 3.05) is 0 Å². The van der Waals surface area contributed by atoms with Crippen molar-refractivity contribution >= 4 is 21.6 Å². The second-order valence-electron chi connectivity index (χ2n) is 6.00. The highest BCUT2D eigenvalue weighted by atomic mass is 32.2. The fourth-order valence-electron chi connectivity index (χ4n) is 2.45. The second-order valence-corrected chi connectivity index (χ2v) is 8.02. The number of nitrogens with two attached hydrogens (primary N) is 1. The Balaban J connectivity index is 2.04. The third-order valence-corrected chi connectivity index (χ3v) is 5.74. The van der Waals surface area contributed by atoms with E-state index in [0.29, 0.717) is 12.8 Å². The van der Waals surface area contributed by atoms with Gasteiger partial charge in [-0.25, -0.2) is 13.6 Å². The molecule has 1 unspecified atom stereocenters. The van der Waals surface area contributed by atoms with Gasteiger partial charge in [0, 0.05) is 6.42 Å². The number of carboxylic acids is 1. The fraction of sp³-hybridized carbons (Fsp3) is 0.353. The Morgan fingerprint density at radius 1 is 1.30 bits per heavy atom. The molecule has 2 rings (SSSR count). The molecule has 1 atom stereocenters. The highest BCUT2D eigenvalue weighted by Crippen LogP contribution is 2.31. The van der Waals surface area contributed by atoms with Crippen molar-refractivity contribution in [2.24, 2.45) is 5.14 Å². The highest BCUT2D eigenvalue weighted by molar-refractivity contribution is 7.90. The van der Waals surface area contributed by atoms with Gasteiger partial charge in [-0.15, -0.1) is 0 Å². The average molecular weight is 335 g/mol. The van der Waals surface area contributed by atoms with E-state index in [-0.39, 0.29) is 6.42 Å². The van der Waals surface area contributed by atoms with E-state index in [1.807, 2.05) is 30.3 Å². The van der Waals surface area contributed by atoms with Gasteiger partial charge in [0.05, 0.1) is 0 Å². The molecule has 0 spiro atoms. The monoisotopic (exact) mass is 335 g/mol. The molecule has 0 aromatic heterocycles. The van der Waals surface area contributed by atoms with Crippen molar-refractivity contribution in [3.63, 3.8) is 0 Å². The molecule has 1 aromatic carbocycles. The SMILES string of the molecule is CC1(S(N)(=O)=O)C=CC(c2ccc(CCCC(=O)O)cc2)=CC1. The maximum absolute atomic E-state index is 11.6. The first kappa shape index (κ1) is 17.4. The van der Waals surface area contributed by atoms with Crippen molar-refractivity contribution in [2.45, 2.75) is 37.4 Å². The van der Waals surface area contributed by atoms with Crippen molar-refractivity contribution in [1.29, 1.82) is 0 Å². The molecule has 1 aliphatic rings. The Hall–Kier alpha value is -1.92. The Labute approximate surface area is 136 Å². The van der Waals surface area contributed by atoms with Crippen LogP contribution in [0.1, 0.15) is 37.3 Å². The van der Waals surface area contributed by atoms with Gasteiger partial charge in [0.25, 0.3) is 0 Å². The number of sulfonamides is 1. The number of benzene rings is 1. The predicted octanol–water partition coefficient (Wildman–Crippen LogP) is 2.48. The first-order chi connectivity index (χ1) is 10.7. The second kappa shape index (κ2) is 6.68. The van der Waals surface area contributed by atoms with E-state index in [0.717, 1.165) is 23.1 Å². The van der Waals surface area contributed by atoms with Gasteiger partial charge in [0.15, 0.2) is 0 Å². The largest absolute Gasteiger partial charge is 0.481 e. The maximum Gasteiger partial charge on any atom is 0.303 e. The summed E-state index contributed by atoms with van der Waals surface area (Å²) in [6.45, 7) is 1.61. The molecule has 3 N–H and O–H groups in total. The molecule has 23 heavy (non-hydrogen) atoms. The van der Waals surface area contributed by atoms with Gasteiger partial charge in [-0.3, -0.25) is 4.79 Å². The number of hydrogen-bond donors (Lipinski definition) is 2. The molecule has 0 aliphatic heterocycles. The van der Waals surface area contributed by atoms with Crippen LogP contribution >= 0.6 is 0 Å². The number of allylic oxidation sites excluding steroid dienone is 3. The van der Waals surface area contributed by atoms with Crippen LogP contribution < -0.4 is 5.14 Å². The summed E-state index contributed by atoms with van der Waals surface area (Å²) in [5.74, 6) is -0.781. The van der Waals surface area contributed by atoms with Crippen LogP contribution in [0.3, 0.4) is 0 Å². The molecule has 0 fully saturated rings. The first-order valence-electron chi connectivity index (χ1n) is 7.44. The summed E-state index contributed by atoms with van der Waals surface area (Å²) in [5, 5.41) is 13.9. The van der Waals surface area contributed by atoms with Gasteiger partial charge >= 0.3 is 5.97 Å². The van der Waals surface area contributed by atoms with E-state index in [1.54, 1.807) is 19.1 Å². The normalized spacial score (nSPS) is 21.0. The molecule has 0 radical (unpaired) electrons. The summed E-state index contributed by atoms with van der Waals surface area (Å²) in [6.07, 6.45) is 7.16. The Kier molecular flexibility index (Phi) is 5.06. The van der Waals surface area contributed by atoms with E-state index in [2.05, 4.69) is 0 Å². The van der Waals surface area contributed by atoms with Crippen LogP contribution in [0, 0.1) is 0 Å². The molecule has 0 saturated carbocycles. The number of primary sulfonamides is 1. The number of rotatable bonds is 6. The zero-order chi connectivity index (χ0) is 17.1. The van der Waals surface area contributed by atoms with Crippen LogP contribution in [-0.2, 0) is 21.2 Å². The minimum absolute atomic E-state index is 0.168. The van der Waals surface area contributed by atoms with Gasteiger partial charge in [-0.05, 0) is 42.9 Å². The lowest BCUT2D eigenvalue weighted by atomic mass is 9.93. The summed E-state index contributed by atoms with van der Waals surface area (Å²) < 4.78 is 22.2. The number of aliphatic carboxylic acids is 1. The highest BCUT2D eigenvalue weighted by Gasteiger charge is 2.34. The molecule has 124 valence electrons. The summed E-state index contributed by atoms with van der Waals surface area (Å²) in [7, 11) is -3.63. The maximum atomic E-state index is 11.6. The lowest BCUT2D eigenvalue weighted by Crippen LogP contribution is -2.39. The number of hydrogen-bond acceptors (Lipinski definition) is 3. The lowest BCUT2D eigenvalue weighted by Gasteiger charge is -2.25. The Morgan fingerprint density at radius 2 is 1.96 bits per heavy atom. The Morgan fingerprint density at radius 3 is 2.43 bits per heavy atom. The molecule has 0 saturated heterocycles. The molecule has 1 aliphatic carbocycles. The third-order valence-electron chi connectivity index (χ3n) is 4.14. The summed E-state index contributed by atoms with van der Waals surface area (Å²) in [5.41, 5.74) is 3.05. The van der Waals surface area contributed by atoms with Crippen LogP contribution in [0.4, 0.5) is 0 Å². The van der Waals surface area contributed by atoms with Crippen LogP contribution in [-0.4, -0.2) is 24.2 Å². The molecule has 0 bridgehead atoms. The molecular formula is C17H21NO4S. The van der Waals surface area contributed by atoms with Crippen LogP contribution in [0.15, 0.2) is 42.5 Å². The Bertz CT molecular complexity index is 747. The first-order valence-corrected chi connectivity index (χ1v) is 8.99. The van der Waals surface area contributed by atoms with E-state index < -0.39 is 20.7 Å². The molecule has 1 aromatic rings. The van der Waals surface area contributed by atoms with E-state index in [1.165, 1.54) is 0 Å². The topological polar surface area (TPSA) is 97.5 Å². The van der Waals surface area contributed by atoms with Gasteiger partial charge in [0.1, 0.15) is 4.75 Å². The number of carbonyl (C=O) groups is 1. The average Bonchev–Trinajstić information content (AvgIpc) is 2.47. The van der Waals surface area contributed by atoms with Crippen molar-refractivity contribution in [3.05, 3.63) is 53.6 Å². The molecule has 5 nitrogen and oxygen atoms in total. The third kappa shape index (κ3) is 4.30. The molecule has 6 heteroatoms. The number of carboxylic acid groups (broad SMARTS) is 1. The van der Waals surface area contributed by atoms with Crippen LogP contribution in [0.5, 0.6) is 0 Å². The zero-order valence-electron chi connectivity index (χ0n) is 13.0. The molecular weight excluding hydrogens is 314 g/mol. The molecule has 0 heterocycles. The van der Waals surface area contributed by atoms with E-state index in [9.17, 15) is 13.2 Å². The van der Waals surface area contributed by atoms with Crippen molar-refractivity contribution in [1.82, 2.24) is 0 Å².